The standard InChI is InChI=1S/C21H36N2O2.C3H6ClNS/c1-7-16(5)14-23(13-15(3)4)20-10-9-18(11-19(20)22)17(8-2)12-21(24)25-6;1-5-3(4)6-2/h9-11,15-17H,7-8,12-14,22H2,1-6H3;1-2H3. The Labute approximate surface area is 199 Å². The maximum Gasteiger partial charge on any atom is 0.306 e. The minimum atomic E-state index is -0.173. The molecule has 0 aliphatic heterocycles. The Morgan fingerprint density at radius 2 is 1.87 bits per heavy atom. The van der Waals surface area contributed by atoms with Gasteiger partial charge in [-0.1, -0.05) is 70.5 Å². The third-order valence-electron chi connectivity index (χ3n) is 5.16. The van der Waals surface area contributed by atoms with Gasteiger partial charge in [-0.05, 0) is 48.1 Å². The van der Waals surface area contributed by atoms with Crippen molar-refractivity contribution in [3.05, 3.63) is 23.8 Å². The molecule has 5 nitrogen and oxygen atoms in total. The van der Waals surface area contributed by atoms with Crippen LogP contribution in [0.5, 0.6) is 0 Å². The number of rotatable bonds is 10. The van der Waals surface area contributed by atoms with Gasteiger partial charge in [0.2, 0.25) is 0 Å². The largest absolute Gasteiger partial charge is 0.469 e. The van der Waals surface area contributed by atoms with Crippen molar-refractivity contribution in [3.63, 3.8) is 0 Å². The zero-order valence-electron chi connectivity index (χ0n) is 20.6. The highest BCUT2D eigenvalue weighted by molar-refractivity contribution is 8.16. The minimum absolute atomic E-state index is 0.150. The second-order valence-electron chi connectivity index (χ2n) is 8.20. The molecule has 0 aliphatic carbocycles. The molecular weight excluding hydrogens is 430 g/mol. The Bertz CT molecular complexity index is 683. The number of aliphatic imine (C=N–C) groups is 1. The average Bonchev–Trinajstić information content (AvgIpc) is 2.75. The van der Waals surface area contributed by atoms with Crippen LogP contribution in [0.1, 0.15) is 65.4 Å². The van der Waals surface area contributed by atoms with Crippen LogP contribution in [0.3, 0.4) is 0 Å². The van der Waals surface area contributed by atoms with Crippen molar-refractivity contribution < 1.29 is 9.53 Å². The smallest absolute Gasteiger partial charge is 0.306 e. The number of thioether (sulfide) groups is 1. The van der Waals surface area contributed by atoms with Crippen LogP contribution < -0.4 is 10.6 Å². The summed E-state index contributed by atoms with van der Waals surface area (Å²) in [5, 5.41) is 0. The van der Waals surface area contributed by atoms with Gasteiger partial charge in [0.15, 0.2) is 4.50 Å². The van der Waals surface area contributed by atoms with Crippen molar-refractivity contribution in [1.29, 1.82) is 0 Å². The Balaban J connectivity index is 0.00000131. The van der Waals surface area contributed by atoms with Crippen LogP contribution in [0, 0.1) is 11.8 Å². The van der Waals surface area contributed by atoms with Crippen LogP contribution in [0.15, 0.2) is 23.2 Å². The molecular formula is C24H42ClN3O2S. The van der Waals surface area contributed by atoms with Gasteiger partial charge < -0.3 is 15.4 Å². The topological polar surface area (TPSA) is 67.9 Å². The van der Waals surface area contributed by atoms with Crippen molar-refractivity contribution in [2.75, 3.05) is 44.1 Å². The van der Waals surface area contributed by atoms with E-state index < -0.39 is 0 Å². The number of anilines is 2. The van der Waals surface area contributed by atoms with Crippen LogP contribution in [-0.2, 0) is 9.53 Å². The molecule has 1 aromatic carbocycles. The Morgan fingerprint density at radius 1 is 1.23 bits per heavy atom. The summed E-state index contributed by atoms with van der Waals surface area (Å²) in [6, 6.07) is 6.28. The average molecular weight is 472 g/mol. The first-order valence-corrected chi connectivity index (χ1v) is 12.6. The van der Waals surface area contributed by atoms with E-state index in [2.05, 4.69) is 56.6 Å². The summed E-state index contributed by atoms with van der Waals surface area (Å²) in [6.45, 7) is 13.1. The predicted octanol–water partition coefficient (Wildman–Crippen LogP) is 6.41. The van der Waals surface area contributed by atoms with Gasteiger partial charge in [-0.25, -0.2) is 0 Å². The summed E-state index contributed by atoms with van der Waals surface area (Å²) in [5.41, 5.74) is 9.42. The summed E-state index contributed by atoms with van der Waals surface area (Å²) < 4.78 is 5.42. The van der Waals surface area contributed by atoms with E-state index >= 15 is 0 Å². The van der Waals surface area contributed by atoms with Gasteiger partial charge in [0.25, 0.3) is 0 Å². The second kappa shape index (κ2) is 16.3. The number of hydrogen-bond donors (Lipinski definition) is 1. The third kappa shape index (κ3) is 11.7. The van der Waals surface area contributed by atoms with E-state index in [1.54, 1.807) is 7.05 Å². The van der Waals surface area contributed by atoms with Gasteiger partial charge in [-0.3, -0.25) is 9.79 Å². The molecule has 0 radical (unpaired) electrons. The van der Waals surface area contributed by atoms with E-state index in [9.17, 15) is 4.79 Å². The highest BCUT2D eigenvalue weighted by Crippen LogP contribution is 2.32. The maximum absolute atomic E-state index is 11.6. The fourth-order valence-corrected chi connectivity index (χ4v) is 3.39. The molecule has 0 spiro atoms. The van der Waals surface area contributed by atoms with E-state index in [4.69, 9.17) is 22.1 Å². The molecule has 0 aliphatic rings. The first-order valence-electron chi connectivity index (χ1n) is 11.0. The fraction of sp³-hybridized carbons (Fsp3) is 0.667. The lowest BCUT2D eigenvalue weighted by Crippen LogP contribution is -2.32. The molecule has 1 rings (SSSR count). The number of benzene rings is 1. The van der Waals surface area contributed by atoms with Crippen molar-refractivity contribution in [2.45, 2.75) is 59.8 Å². The molecule has 178 valence electrons. The summed E-state index contributed by atoms with van der Waals surface area (Å²) in [7, 11) is 3.10. The zero-order chi connectivity index (χ0) is 24.0. The SMILES string of the molecule is CCC(C)CN(CC(C)C)c1ccc(C(CC)CC(=O)OC)cc1N.CN=C(Cl)SC. The molecule has 1 aromatic rings. The molecule has 0 amide bonds. The molecule has 0 fully saturated rings. The quantitative estimate of drug-likeness (QED) is 0.185. The van der Waals surface area contributed by atoms with Gasteiger partial charge in [0, 0.05) is 20.1 Å². The number of carbonyl (C=O) groups excluding carboxylic acids is 1. The first kappa shape index (κ1) is 29.6. The van der Waals surface area contributed by atoms with Gasteiger partial charge >= 0.3 is 5.97 Å². The van der Waals surface area contributed by atoms with Crippen LogP contribution in [0.25, 0.3) is 0 Å². The van der Waals surface area contributed by atoms with E-state index in [0.717, 1.165) is 42.9 Å². The third-order valence-corrected chi connectivity index (χ3v) is 6.31. The van der Waals surface area contributed by atoms with Gasteiger partial charge in [-0.15, -0.1) is 0 Å². The lowest BCUT2D eigenvalue weighted by atomic mass is 9.92. The normalized spacial score (nSPS) is 13.3. The summed E-state index contributed by atoms with van der Waals surface area (Å²) >= 11 is 6.80. The number of methoxy groups -OCH3 is 1. The fourth-order valence-electron chi connectivity index (χ4n) is 3.21. The Morgan fingerprint density at radius 3 is 2.26 bits per heavy atom. The van der Waals surface area contributed by atoms with Crippen molar-refractivity contribution in [1.82, 2.24) is 0 Å². The molecule has 2 unspecified atom stereocenters. The number of ether oxygens (including phenoxy) is 1. The van der Waals surface area contributed by atoms with E-state index in [0.29, 0.717) is 22.8 Å². The number of halogens is 1. The lowest BCUT2D eigenvalue weighted by molar-refractivity contribution is -0.141. The monoisotopic (exact) mass is 471 g/mol. The maximum atomic E-state index is 11.6. The highest BCUT2D eigenvalue weighted by Gasteiger charge is 2.18. The number of carbonyl (C=O) groups is 1. The molecule has 7 heteroatoms. The van der Waals surface area contributed by atoms with Crippen LogP contribution >= 0.6 is 23.4 Å². The number of nitrogens with zero attached hydrogens (tertiary/aromatic N) is 2. The minimum Gasteiger partial charge on any atom is -0.469 e. The lowest BCUT2D eigenvalue weighted by Gasteiger charge is -2.31. The molecule has 0 aromatic heterocycles. The highest BCUT2D eigenvalue weighted by atomic mass is 35.5. The molecule has 2 N–H and O–H groups in total. The number of esters is 1. The second-order valence-corrected chi connectivity index (χ2v) is 9.57. The molecule has 2 atom stereocenters. The van der Waals surface area contributed by atoms with Crippen LogP contribution in [0.4, 0.5) is 11.4 Å². The number of nitrogens with two attached hydrogens (primary N) is 1. The van der Waals surface area contributed by atoms with E-state index in [1.807, 2.05) is 12.3 Å². The van der Waals surface area contributed by atoms with Gasteiger partial charge in [0.1, 0.15) is 0 Å². The van der Waals surface area contributed by atoms with Crippen molar-refractivity contribution in [2.24, 2.45) is 16.8 Å². The Kier molecular flexibility index (Phi) is 15.5. The van der Waals surface area contributed by atoms with E-state index in [1.165, 1.54) is 18.9 Å². The first-order chi connectivity index (χ1) is 14.6. The van der Waals surface area contributed by atoms with E-state index in [-0.39, 0.29) is 11.9 Å². The van der Waals surface area contributed by atoms with Crippen molar-refractivity contribution in [3.8, 4) is 0 Å². The van der Waals surface area contributed by atoms with Gasteiger partial charge in [-0.2, -0.15) is 0 Å². The zero-order valence-corrected chi connectivity index (χ0v) is 22.1. The summed E-state index contributed by atoms with van der Waals surface area (Å²) in [6.07, 6.45) is 4.32. The summed E-state index contributed by atoms with van der Waals surface area (Å²) in [5.74, 6) is 1.18. The van der Waals surface area contributed by atoms with Crippen LogP contribution in [-0.4, -0.2) is 44.0 Å². The molecule has 0 saturated heterocycles. The number of hydrogen-bond acceptors (Lipinski definition) is 6. The number of nitrogen functional groups attached to an aromatic ring is 1. The summed E-state index contributed by atoms with van der Waals surface area (Å²) in [4.78, 5) is 17.7. The van der Waals surface area contributed by atoms with Crippen molar-refractivity contribution >= 4 is 45.2 Å². The van der Waals surface area contributed by atoms with Gasteiger partial charge in [0.05, 0.1) is 24.9 Å². The molecule has 0 heterocycles. The molecule has 0 saturated carbocycles. The Hall–Kier alpha value is -1.40. The molecule has 31 heavy (non-hydrogen) atoms. The van der Waals surface area contributed by atoms with Crippen LogP contribution in [0.2, 0.25) is 0 Å². The predicted molar refractivity (Wildman–Crippen MR) is 140 cm³/mol. The molecule has 0 bridgehead atoms.